The molecule has 0 saturated heterocycles. The minimum atomic E-state index is -4.96. The monoisotopic (exact) mass is 486 g/mol. The Hall–Kier alpha value is -3.74. The standard InChI is InChI=1S/C28H20F6O/c1-16-3-6-20(14-25(16)30)22-8-4-18(11-17(22)2)12-19-5-9-23(27(13-19)35-28(32,33)34)21-7-10-24(29)26(31)15-21/h3-11,13-15H,12H2,1-2H3. The maximum atomic E-state index is 14.0. The van der Waals surface area contributed by atoms with Crippen LogP contribution in [0.2, 0.25) is 0 Å². The molecular weight excluding hydrogens is 466 g/mol. The first kappa shape index (κ1) is 24.4. The Morgan fingerprint density at radius 1 is 0.600 bits per heavy atom. The maximum absolute atomic E-state index is 14.0. The van der Waals surface area contributed by atoms with Crippen molar-refractivity contribution in [3.8, 4) is 28.0 Å². The van der Waals surface area contributed by atoms with Gasteiger partial charge in [0.2, 0.25) is 0 Å². The Balaban J connectivity index is 1.66. The third-order valence-electron chi connectivity index (χ3n) is 5.68. The molecular formula is C28H20F6O. The van der Waals surface area contributed by atoms with Crippen molar-refractivity contribution in [1.82, 2.24) is 0 Å². The van der Waals surface area contributed by atoms with Gasteiger partial charge in [-0.25, -0.2) is 13.2 Å². The van der Waals surface area contributed by atoms with Crippen LogP contribution in [-0.2, 0) is 6.42 Å². The van der Waals surface area contributed by atoms with Crippen molar-refractivity contribution < 1.29 is 31.1 Å². The average Bonchev–Trinajstić information content (AvgIpc) is 2.77. The van der Waals surface area contributed by atoms with Crippen LogP contribution in [-0.4, -0.2) is 6.36 Å². The lowest BCUT2D eigenvalue weighted by atomic mass is 9.94. The normalized spacial score (nSPS) is 11.5. The van der Waals surface area contributed by atoms with E-state index < -0.39 is 23.7 Å². The Labute approximate surface area is 198 Å². The van der Waals surface area contributed by atoms with Crippen LogP contribution in [0.4, 0.5) is 26.3 Å². The molecule has 0 spiro atoms. The van der Waals surface area contributed by atoms with Gasteiger partial charge in [-0.1, -0.05) is 48.5 Å². The van der Waals surface area contributed by atoms with Gasteiger partial charge in [-0.15, -0.1) is 13.2 Å². The van der Waals surface area contributed by atoms with Gasteiger partial charge in [0.05, 0.1) is 0 Å². The van der Waals surface area contributed by atoms with E-state index >= 15 is 0 Å². The van der Waals surface area contributed by atoms with Gasteiger partial charge in [0, 0.05) is 5.56 Å². The lowest BCUT2D eigenvalue weighted by molar-refractivity contribution is -0.274. The van der Waals surface area contributed by atoms with Gasteiger partial charge in [0.25, 0.3) is 0 Å². The number of hydrogen-bond acceptors (Lipinski definition) is 1. The molecule has 0 aromatic heterocycles. The summed E-state index contributed by atoms with van der Waals surface area (Å²) in [5, 5.41) is 0. The first-order valence-corrected chi connectivity index (χ1v) is 10.7. The second kappa shape index (κ2) is 9.49. The van der Waals surface area contributed by atoms with Gasteiger partial charge in [-0.05, 0) is 83.5 Å². The molecule has 4 aromatic carbocycles. The first-order valence-electron chi connectivity index (χ1n) is 10.7. The van der Waals surface area contributed by atoms with Crippen LogP contribution in [0.25, 0.3) is 22.3 Å². The number of halogens is 6. The molecule has 4 rings (SSSR count). The van der Waals surface area contributed by atoms with Gasteiger partial charge < -0.3 is 4.74 Å². The lowest BCUT2D eigenvalue weighted by Gasteiger charge is -2.16. The summed E-state index contributed by atoms with van der Waals surface area (Å²) in [5.74, 6) is -3.09. The molecule has 35 heavy (non-hydrogen) atoms. The molecule has 0 radical (unpaired) electrons. The van der Waals surface area contributed by atoms with Crippen molar-refractivity contribution >= 4 is 0 Å². The van der Waals surface area contributed by atoms with Gasteiger partial charge in [-0.2, -0.15) is 0 Å². The Kier molecular flexibility index (Phi) is 6.61. The number of alkyl halides is 3. The summed E-state index contributed by atoms with van der Waals surface area (Å²) in [6.07, 6.45) is -4.66. The molecule has 7 heteroatoms. The van der Waals surface area contributed by atoms with Crippen LogP contribution < -0.4 is 4.74 Å². The second-order valence-electron chi connectivity index (χ2n) is 8.30. The fraction of sp³-hybridized carbons (Fsp3) is 0.143. The molecule has 0 atom stereocenters. The summed E-state index contributed by atoms with van der Waals surface area (Å²) in [6, 6.07) is 17.7. The van der Waals surface area contributed by atoms with Crippen molar-refractivity contribution in [3.05, 3.63) is 113 Å². The van der Waals surface area contributed by atoms with Crippen LogP contribution in [0.5, 0.6) is 5.75 Å². The van der Waals surface area contributed by atoms with Gasteiger partial charge in [0.1, 0.15) is 11.6 Å². The molecule has 0 saturated carbocycles. The molecule has 0 aliphatic heterocycles. The summed E-state index contributed by atoms with van der Waals surface area (Å²) < 4.78 is 84.4. The van der Waals surface area contributed by atoms with E-state index in [1.807, 2.05) is 31.2 Å². The molecule has 0 bridgehead atoms. The predicted molar refractivity (Wildman–Crippen MR) is 123 cm³/mol. The van der Waals surface area contributed by atoms with E-state index in [-0.39, 0.29) is 16.9 Å². The van der Waals surface area contributed by atoms with Crippen molar-refractivity contribution in [2.75, 3.05) is 0 Å². The number of benzene rings is 4. The molecule has 1 nitrogen and oxygen atoms in total. The fourth-order valence-electron chi connectivity index (χ4n) is 3.94. The SMILES string of the molecule is Cc1ccc(-c2ccc(Cc3ccc(-c4ccc(F)c(F)c4)c(OC(F)(F)F)c3)cc2C)cc1F. The highest BCUT2D eigenvalue weighted by Gasteiger charge is 2.32. The van der Waals surface area contributed by atoms with Crippen molar-refractivity contribution in [2.24, 2.45) is 0 Å². The van der Waals surface area contributed by atoms with Crippen molar-refractivity contribution in [1.29, 1.82) is 0 Å². The van der Waals surface area contributed by atoms with E-state index in [1.165, 1.54) is 24.3 Å². The van der Waals surface area contributed by atoms with E-state index in [2.05, 4.69) is 4.74 Å². The Bertz CT molecular complexity index is 1390. The zero-order valence-corrected chi connectivity index (χ0v) is 18.8. The number of hydrogen-bond donors (Lipinski definition) is 0. The zero-order valence-electron chi connectivity index (χ0n) is 18.8. The minimum Gasteiger partial charge on any atom is -0.405 e. The molecule has 0 N–H and O–H groups in total. The summed E-state index contributed by atoms with van der Waals surface area (Å²) >= 11 is 0. The fourth-order valence-corrected chi connectivity index (χ4v) is 3.94. The molecule has 0 aliphatic rings. The van der Waals surface area contributed by atoms with Gasteiger partial charge in [0.15, 0.2) is 11.6 Å². The zero-order chi connectivity index (χ0) is 25.3. The van der Waals surface area contributed by atoms with Crippen LogP contribution in [0.15, 0.2) is 72.8 Å². The molecule has 4 aromatic rings. The van der Waals surface area contributed by atoms with Crippen LogP contribution in [0, 0.1) is 31.3 Å². The van der Waals surface area contributed by atoms with E-state index in [0.29, 0.717) is 17.5 Å². The smallest absolute Gasteiger partial charge is 0.405 e. The van der Waals surface area contributed by atoms with Gasteiger partial charge >= 0.3 is 6.36 Å². The third kappa shape index (κ3) is 5.67. The predicted octanol–water partition coefficient (Wildman–Crippen LogP) is 8.54. The molecule has 0 fully saturated rings. The van der Waals surface area contributed by atoms with Gasteiger partial charge in [-0.3, -0.25) is 0 Å². The molecule has 180 valence electrons. The topological polar surface area (TPSA) is 9.23 Å². The molecule has 0 heterocycles. The first-order chi connectivity index (χ1) is 16.5. The molecule has 0 aliphatic carbocycles. The van der Waals surface area contributed by atoms with E-state index in [9.17, 15) is 26.3 Å². The molecule has 0 amide bonds. The summed E-state index contributed by atoms with van der Waals surface area (Å²) in [4.78, 5) is 0. The van der Waals surface area contributed by atoms with Crippen LogP contribution in [0.3, 0.4) is 0 Å². The highest BCUT2D eigenvalue weighted by Crippen LogP contribution is 2.36. The lowest BCUT2D eigenvalue weighted by Crippen LogP contribution is -2.17. The second-order valence-corrected chi connectivity index (χ2v) is 8.30. The van der Waals surface area contributed by atoms with E-state index in [1.54, 1.807) is 19.1 Å². The third-order valence-corrected chi connectivity index (χ3v) is 5.68. The summed E-state index contributed by atoms with van der Waals surface area (Å²) in [5.41, 5.74) is 4.42. The molecule has 0 unspecified atom stereocenters. The van der Waals surface area contributed by atoms with E-state index in [4.69, 9.17) is 0 Å². The quantitative estimate of drug-likeness (QED) is 0.257. The Morgan fingerprint density at radius 3 is 1.83 bits per heavy atom. The van der Waals surface area contributed by atoms with Crippen molar-refractivity contribution in [3.63, 3.8) is 0 Å². The largest absolute Gasteiger partial charge is 0.573 e. The highest BCUT2D eigenvalue weighted by atomic mass is 19.4. The van der Waals surface area contributed by atoms with E-state index in [0.717, 1.165) is 34.4 Å². The highest BCUT2D eigenvalue weighted by molar-refractivity contribution is 5.71. The number of ether oxygens (including phenoxy) is 1. The summed E-state index contributed by atoms with van der Waals surface area (Å²) in [7, 11) is 0. The van der Waals surface area contributed by atoms with Crippen LogP contribution in [0.1, 0.15) is 22.3 Å². The number of rotatable bonds is 5. The average molecular weight is 486 g/mol. The number of aryl methyl sites for hydroxylation is 2. The maximum Gasteiger partial charge on any atom is 0.573 e. The Morgan fingerprint density at radius 2 is 1.20 bits per heavy atom. The summed E-state index contributed by atoms with van der Waals surface area (Å²) in [6.45, 7) is 3.56. The van der Waals surface area contributed by atoms with Crippen LogP contribution >= 0.6 is 0 Å². The minimum absolute atomic E-state index is 0.0158. The van der Waals surface area contributed by atoms with Crippen molar-refractivity contribution in [2.45, 2.75) is 26.6 Å².